The number of hydrogen-bond donors (Lipinski definition) is 0. The number of carbonyl (C=O) groups is 1. The van der Waals surface area contributed by atoms with Crippen molar-refractivity contribution in [2.24, 2.45) is 0 Å². The van der Waals surface area contributed by atoms with Crippen molar-refractivity contribution in [2.45, 2.75) is 45.4 Å². The van der Waals surface area contributed by atoms with Gasteiger partial charge in [0.25, 0.3) is 0 Å². The number of rotatable bonds is 14. The summed E-state index contributed by atoms with van der Waals surface area (Å²) in [5.41, 5.74) is 0.230. The van der Waals surface area contributed by atoms with Crippen LogP contribution in [-0.4, -0.2) is 11.2 Å². The van der Waals surface area contributed by atoms with E-state index in [9.17, 15) is 14.9 Å². The average Bonchev–Trinajstić information content (AvgIpc) is 2.63. The zero-order chi connectivity index (χ0) is 19.3. The van der Waals surface area contributed by atoms with Crippen LogP contribution in [0.2, 0.25) is 0 Å². The van der Waals surface area contributed by atoms with E-state index in [1.54, 1.807) is 6.08 Å². The smallest absolute Gasteiger partial charge is 0.246 e. The molecule has 26 heavy (non-hydrogen) atoms. The quantitative estimate of drug-likeness (QED) is 0.0952. The van der Waals surface area contributed by atoms with E-state index in [2.05, 4.69) is 0 Å². The molecule has 0 fully saturated rings. The fourth-order valence-electron chi connectivity index (χ4n) is 1.84. The highest BCUT2D eigenvalue weighted by Gasteiger charge is 2.05. The number of unbranched alkanes of at least 4 members (excludes halogenated alkanes) is 1. The fraction of sp³-hybridized carbons (Fsp3) is 0.318. The van der Waals surface area contributed by atoms with Gasteiger partial charge in [-0.3, -0.25) is 10.1 Å². The van der Waals surface area contributed by atoms with E-state index < -0.39 is 0 Å². The van der Waals surface area contributed by atoms with Crippen LogP contribution in [0.1, 0.15) is 45.4 Å². The van der Waals surface area contributed by atoms with Gasteiger partial charge >= 0.3 is 0 Å². The summed E-state index contributed by atoms with van der Waals surface area (Å²) >= 11 is 0. The summed E-state index contributed by atoms with van der Waals surface area (Å²) in [6.07, 6.45) is 29.8. The second-order valence-corrected chi connectivity index (χ2v) is 5.35. The fourth-order valence-corrected chi connectivity index (χ4v) is 1.84. The first-order valence-corrected chi connectivity index (χ1v) is 8.94. The molecule has 0 atom stereocenters. The van der Waals surface area contributed by atoms with E-state index in [1.807, 2.05) is 79.8 Å². The highest BCUT2D eigenvalue weighted by atomic mass is 16.6. The van der Waals surface area contributed by atoms with Gasteiger partial charge in [0, 0.05) is 6.42 Å². The molecular weight excluding hydrogens is 326 g/mol. The number of hydrogen-bond acceptors (Lipinski definition) is 3. The Hall–Kier alpha value is -2.75. The van der Waals surface area contributed by atoms with Gasteiger partial charge in [-0.25, -0.2) is 0 Å². The maximum absolute atomic E-state index is 10.9. The number of aldehydes is 1. The van der Waals surface area contributed by atoms with Gasteiger partial charge in [-0.1, -0.05) is 79.8 Å². The molecule has 0 bridgehead atoms. The van der Waals surface area contributed by atoms with Crippen molar-refractivity contribution in [3.05, 3.63) is 94.8 Å². The molecule has 140 valence electrons. The molecule has 0 aromatic rings. The second kappa shape index (κ2) is 18.6. The number of nitrogens with zero attached hydrogens (tertiary/aromatic N) is 1. The molecule has 0 amide bonds. The van der Waals surface area contributed by atoms with Crippen molar-refractivity contribution >= 4 is 6.29 Å². The molecule has 0 aromatic heterocycles. The van der Waals surface area contributed by atoms with E-state index >= 15 is 0 Å². The maximum atomic E-state index is 10.9. The lowest BCUT2D eigenvalue weighted by molar-refractivity contribution is -0.427. The molecule has 0 aliphatic carbocycles. The molecule has 0 rings (SSSR count). The maximum Gasteiger partial charge on any atom is 0.246 e. The summed E-state index contributed by atoms with van der Waals surface area (Å²) < 4.78 is 0. The Morgan fingerprint density at radius 3 is 2.08 bits per heavy atom. The molecule has 0 radical (unpaired) electrons. The lowest BCUT2D eigenvalue weighted by Gasteiger charge is -1.92. The standard InChI is InChI=1S/C22H29NO3/c1-2-3-16-19-22(23(25)26)20-17-14-12-10-8-6-4-5-7-9-11-13-15-18-21-24/h3-8,10-14,16,20-21H,2,9,15,17-19H2,1H3/b6-4-,7-5-,10-8-,13-11-,14-12-,16-3-,22-20+. The van der Waals surface area contributed by atoms with Gasteiger partial charge in [0.05, 0.1) is 11.3 Å². The van der Waals surface area contributed by atoms with Crippen molar-refractivity contribution in [3.8, 4) is 0 Å². The second-order valence-electron chi connectivity index (χ2n) is 5.35. The molecule has 0 aliphatic heterocycles. The Balaban J connectivity index is 4.06. The number of carbonyl (C=O) groups excluding carboxylic acids is 1. The Bertz CT molecular complexity index is 591. The summed E-state index contributed by atoms with van der Waals surface area (Å²) in [6.45, 7) is 2.00. The first-order valence-electron chi connectivity index (χ1n) is 8.94. The van der Waals surface area contributed by atoms with Crippen LogP contribution in [0.4, 0.5) is 0 Å². The molecule has 4 nitrogen and oxygen atoms in total. The van der Waals surface area contributed by atoms with Crippen LogP contribution in [-0.2, 0) is 4.79 Å². The van der Waals surface area contributed by atoms with Gasteiger partial charge in [0.1, 0.15) is 6.29 Å². The average molecular weight is 355 g/mol. The van der Waals surface area contributed by atoms with Crippen LogP contribution in [0.15, 0.2) is 84.7 Å². The van der Waals surface area contributed by atoms with Crippen molar-refractivity contribution in [2.75, 3.05) is 0 Å². The number of nitro groups is 1. The van der Waals surface area contributed by atoms with Crippen molar-refractivity contribution in [1.82, 2.24) is 0 Å². The van der Waals surface area contributed by atoms with E-state index in [0.717, 1.165) is 25.5 Å². The normalized spacial score (nSPS) is 13.5. The third-order valence-electron chi connectivity index (χ3n) is 3.17. The predicted molar refractivity (Wildman–Crippen MR) is 109 cm³/mol. The van der Waals surface area contributed by atoms with Gasteiger partial charge in [0.15, 0.2) is 0 Å². The molecule has 0 N–H and O–H groups in total. The molecule has 0 unspecified atom stereocenters. The minimum Gasteiger partial charge on any atom is -0.303 e. The molecule has 0 aromatic carbocycles. The molecule has 0 aliphatic rings. The largest absolute Gasteiger partial charge is 0.303 e. The summed E-state index contributed by atoms with van der Waals surface area (Å²) in [4.78, 5) is 20.7. The Morgan fingerprint density at radius 2 is 1.46 bits per heavy atom. The van der Waals surface area contributed by atoms with Gasteiger partial charge in [-0.15, -0.1) is 0 Å². The van der Waals surface area contributed by atoms with E-state index in [4.69, 9.17) is 0 Å². The molecule has 4 heteroatoms. The topological polar surface area (TPSA) is 60.2 Å². The van der Waals surface area contributed by atoms with Crippen LogP contribution in [0.5, 0.6) is 0 Å². The summed E-state index contributed by atoms with van der Waals surface area (Å²) in [5.74, 6) is 0. The van der Waals surface area contributed by atoms with Crippen LogP contribution >= 0.6 is 0 Å². The zero-order valence-electron chi connectivity index (χ0n) is 15.5. The zero-order valence-corrected chi connectivity index (χ0v) is 15.5. The van der Waals surface area contributed by atoms with E-state index in [-0.39, 0.29) is 10.6 Å². The van der Waals surface area contributed by atoms with Crippen LogP contribution in [0.25, 0.3) is 0 Å². The van der Waals surface area contributed by atoms with Crippen LogP contribution in [0.3, 0.4) is 0 Å². The SMILES string of the molecule is CC/C=C\C/C(=C\C\C=C/C=C\C=C/C=C\C/C=C\CCC=O)[N+](=O)[O-]. The summed E-state index contributed by atoms with van der Waals surface area (Å²) in [5, 5.41) is 10.9. The lowest BCUT2D eigenvalue weighted by atomic mass is 10.2. The van der Waals surface area contributed by atoms with Crippen LogP contribution in [0, 0.1) is 10.1 Å². The van der Waals surface area contributed by atoms with Gasteiger partial charge < -0.3 is 4.79 Å². The summed E-state index contributed by atoms with van der Waals surface area (Å²) in [7, 11) is 0. The molecule has 0 saturated carbocycles. The summed E-state index contributed by atoms with van der Waals surface area (Å²) in [6, 6.07) is 0. The highest BCUT2D eigenvalue weighted by Crippen LogP contribution is 2.06. The van der Waals surface area contributed by atoms with Gasteiger partial charge in [0.2, 0.25) is 5.70 Å². The van der Waals surface area contributed by atoms with Crippen molar-refractivity contribution < 1.29 is 9.72 Å². The van der Waals surface area contributed by atoms with Gasteiger partial charge in [-0.05, 0) is 31.8 Å². The van der Waals surface area contributed by atoms with Crippen molar-refractivity contribution in [3.63, 3.8) is 0 Å². The lowest BCUT2D eigenvalue weighted by Crippen LogP contribution is -1.97. The first-order chi connectivity index (χ1) is 12.7. The molecular formula is C22H29NO3. The monoisotopic (exact) mass is 355 g/mol. The first kappa shape index (κ1) is 23.2. The van der Waals surface area contributed by atoms with Gasteiger partial charge in [-0.2, -0.15) is 0 Å². The Morgan fingerprint density at radius 1 is 0.808 bits per heavy atom. The third-order valence-corrected chi connectivity index (χ3v) is 3.17. The Labute approximate surface area is 156 Å². The van der Waals surface area contributed by atoms with Crippen LogP contribution < -0.4 is 0 Å². The molecule has 0 spiro atoms. The third kappa shape index (κ3) is 16.1. The minimum absolute atomic E-state index is 0.230. The molecule has 0 saturated heterocycles. The molecule has 0 heterocycles. The van der Waals surface area contributed by atoms with Crippen molar-refractivity contribution in [1.29, 1.82) is 0 Å². The predicted octanol–water partition coefficient (Wildman–Crippen LogP) is 6.04. The highest BCUT2D eigenvalue weighted by molar-refractivity contribution is 5.49. The van der Waals surface area contributed by atoms with E-state index in [1.165, 1.54) is 0 Å². The van der Waals surface area contributed by atoms with E-state index in [0.29, 0.717) is 19.3 Å². The minimum atomic E-state index is -0.323. The number of allylic oxidation sites excluding steroid dienone is 13. The Kier molecular flexibility index (Phi) is 16.6.